The minimum atomic E-state index is -0.149. The molecule has 0 aliphatic rings. The minimum absolute atomic E-state index is 0.149. The minimum Gasteiger partial charge on any atom is -0.493 e. The third-order valence-electron chi connectivity index (χ3n) is 3.37. The average molecular weight is 328 g/mol. The van der Waals surface area contributed by atoms with Crippen molar-refractivity contribution in [2.75, 3.05) is 13.7 Å². The molecular formula is C17H26ClNO3. The van der Waals surface area contributed by atoms with Gasteiger partial charge in [0.25, 0.3) is 5.91 Å². The summed E-state index contributed by atoms with van der Waals surface area (Å²) in [6.45, 7) is 8.74. The largest absolute Gasteiger partial charge is 0.493 e. The van der Waals surface area contributed by atoms with Gasteiger partial charge >= 0.3 is 0 Å². The van der Waals surface area contributed by atoms with E-state index in [2.05, 4.69) is 19.2 Å². The Balaban J connectivity index is 2.99. The van der Waals surface area contributed by atoms with Crippen LogP contribution in [0.2, 0.25) is 5.02 Å². The zero-order valence-electron chi connectivity index (χ0n) is 14.0. The van der Waals surface area contributed by atoms with Crippen molar-refractivity contribution in [3.05, 3.63) is 22.7 Å². The standard InChI is InChI=1S/C17H26ClNO3/c1-6-13(7-2)19-17(20)12-8-14(18)16(15(9-12)21-5)22-10-11(3)4/h8-9,11,13H,6-7,10H2,1-5H3,(H,19,20). The Bertz CT molecular complexity index is 499. The first kappa shape index (κ1) is 18.6. The number of amides is 1. The van der Waals surface area contributed by atoms with E-state index in [-0.39, 0.29) is 11.9 Å². The Morgan fingerprint density at radius 3 is 2.41 bits per heavy atom. The molecule has 0 aromatic heterocycles. The number of ether oxygens (including phenoxy) is 2. The quantitative estimate of drug-likeness (QED) is 0.774. The second-order valence-corrected chi connectivity index (χ2v) is 6.09. The van der Waals surface area contributed by atoms with Crippen LogP contribution >= 0.6 is 11.6 Å². The van der Waals surface area contributed by atoms with Gasteiger partial charge in [0.15, 0.2) is 11.5 Å². The maximum atomic E-state index is 12.3. The van der Waals surface area contributed by atoms with Crippen LogP contribution in [0.3, 0.4) is 0 Å². The van der Waals surface area contributed by atoms with Crippen LogP contribution in [0, 0.1) is 5.92 Å². The Morgan fingerprint density at radius 2 is 1.91 bits per heavy atom. The third kappa shape index (κ3) is 5.09. The number of benzene rings is 1. The first-order valence-corrected chi connectivity index (χ1v) is 8.11. The van der Waals surface area contributed by atoms with Crippen LogP contribution in [0.5, 0.6) is 11.5 Å². The molecule has 0 aliphatic heterocycles. The second-order valence-electron chi connectivity index (χ2n) is 5.68. The van der Waals surface area contributed by atoms with Crippen LogP contribution in [0.25, 0.3) is 0 Å². The molecule has 0 unspecified atom stereocenters. The topological polar surface area (TPSA) is 47.6 Å². The summed E-state index contributed by atoms with van der Waals surface area (Å²) >= 11 is 6.26. The fraction of sp³-hybridized carbons (Fsp3) is 0.588. The van der Waals surface area contributed by atoms with Crippen LogP contribution < -0.4 is 14.8 Å². The molecule has 0 aliphatic carbocycles. The van der Waals surface area contributed by atoms with Crippen LogP contribution in [0.15, 0.2) is 12.1 Å². The molecule has 1 amide bonds. The summed E-state index contributed by atoms with van der Waals surface area (Å²) in [7, 11) is 1.54. The van der Waals surface area contributed by atoms with Gasteiger partial charge in [0.2, 0.25) is 0 Å². The van der Waals surface area contributed by atoms with Gasteiger partial charge in [-0.15, -0.1) is 0 Å². The lowest BCUT2D eigenvalue weighted by molar-refractivity contribution is 0.0934. The Hall–Kier alpha value is -1.42. The molecule has 0 atom stereocenters. The number of rotatable bonds is 8. The van der Waals surface area contributed by atoms with Crippen molar-refractivity contribution in [2.45, 2.75) is 46.6 Å². The molecule has 1 aromatic carbocycles. The zero-order valence-corrected chi connectivity index (χ0v) is 14.8. The van der Waals surface area contributed by atoms with Crippen LogP contribution in [0.1, 0.15) is 50.9 Å². The highest BCUT2D eigenvalue weighted by Crippen LogP contribution is 2.36. The molecular weight excluding hydrogens is 302 g/mol. The third-order valence-corrected chi connectivity index (χ3v) is 3.65. The Labute approximate surface area is 138 Å². The van der Waals surface area contributed by atoms with Gasteiger partial charge in [-0.2, -0.15) is 0 Å². The summed E-state index contributed by atoms with van der Waals surface area (Å²) in [6, 6.07) is 3.45. The number of nitrogens with one attached hydrogen (secondary N) is 1. The molecule has 0 saturated carbocycles. The number of carbonyl (C=O) groups is 1. The van der Waals surface area contributed by atoms with E-state index in [9.17, 15) is 4.79 Å². The summed E-state index contributed by atoms with van der Waals surface area (Å²) in [5.41, 5.74) is 0.477. The van der Waals surface area contributed by atoms with Crippen molar-refractivity contribution in [3.63, 3.8) is 0 Å². The molecule has 1 N–H and O–H groups in total. The van der Waals surface area contributed by atoms with Crippen molar-refractivity contribution in [1.82, 2.24) is 5.32 Å². The van der Waals surface area contributed by atoms with E-state index in [1.807, 2.05) is 13.8 Å². The number of hydrogen-bond acceptors (Lipinski definition) is 3. The second kappa shape index (κ2) is 8.89. The lowest BCUT2D eigenvalue weighted by Gasteiger charge is -2.17. The molecule has 0 heterocycles. The van der Waals surface area contributed by atoms with E-state index >= 15 is 0 Å². The van der Waals surface area contributed by atoms with Gasteiger partial charge in [-0.1, -0.05) is 39.3 Å². The van der Waals surface area contributed by atoms with Gasteiger partial charge in [0.05, 0.1) is 18.7 Å². The van der Waals surface area contributed by atoms with Gasteiger partial charge < -0.3 is 14.8 Å². The first-order chi connectivity index (χ1) is 10.4. The van der Waals surface area contributed by atoms with Gasteiger partial charge in [-0.3, -0.25) is 4.79 Å². The average Bonchev–Trinajstić information content (AvgIpc) is 2.50. The molecule has 1 aromatic rings. The molecule has 1 rings (SSSR count). The summed E-state index contributed by atoms with van der Waals surface area (Å²) in [5, 5.41) is 3.37. The fourth-order valence-electron chi connectivity index (χ4n) is 2.00. The maximum Gasteiger partial charge on any atom is 0.251 e. The number of methoxy groups -OCH3 is 1. The molecule has 0 saturated heterocycles. The van der Waals surface area contributed by atoms with E-state index in [4.69, 9.17) is 21.1 Å². The van der Waals surface area contributed by atoms with Crippen molar-refractivity contribution < 1.29 is 14.3 Å². The van der Waals surface area contributed by atoms with E-state index in [1.165, 1.54) is 7.11 Å². The fourth-order valence-corrected chi connectivity index (χ4v) is 2.27. The molecule has 124 valence electrons. The van der Waals surface area contributed by atoms with E-state index in [0.29, 0.717) is 34.6 Å². The monoisotopic (exact) mass is 327 g/mol. The lowest BCUT2D eigenvalue weighted by atomic mass is 10.1. The van der Waals surface area contributed by atoms with E-state index < -0.39 is 0 Å². The summed E-state index contributed by atoms with van der Waals surface area (Å²) in [6.07, 6.45) is 1.78. The van der Waals surface area contributed by atoms with Gasteiger partial charge in [0, 0.05) is 11.6 Å². The Kier molecular flexibility index (Phi) is 7.52. The maximum absolute atomic E-state index is 12.3. The van der Waals surface area contributed by atoms with Crippen LogP contribution in [-0.2, 0) is 0 Å². The van der Waals surface area contributed by atoms with Crippen LogP contribution in [-0.4, -0.2) is 25.7 Å². The molecule has 0 radical (unpaired) electrons. The van der Waals surface area contributed by atoms with Crippen molar-refractivity contribution >= 4 is 17.5 Å². The lowest BCUT2D eigenvalue weighted by Crippen LogP contribution is -2.33. The molecule has 0 bridgehead atoms. The highest BCUT2D eigenvalue weighted by Gasteiger charge is 2.17. The Morgan fingerprint density at radius 1 is 1.27 bits per heavy atom. The van der Waals surface area contributed by atoms with E-state index in [0.717, 1.165) is 12.8 Å². The smallest absolute Gasteiger partial charge is 0.251 e. The van der Waals surface area contributed by atoms with Gasteiger partial charge in [-0.25, -0.2) is 0 Å². The number of hydrogen-bond donors (Lipinski definition) is 1. The van der Waals surface area contributed by atoms with E-state index in [1.54, 1.807) is 12.1 Å². The molecule has 0 spiro atoms. The predicted molar refractivity (Wildman–Crippen MR) is 90.2 cm³/mol. The van der Waals surface area contributed by atoms with Crippen molar-refractivity contribution in [1.29, 1.82) is 0 Å². The predicted octanol–water partition coefficient (Wildman–Crippen LogP) is 4.30. The summed E-state index contributed by atoms with van der Waals surface area (Å²) < 4.78 is 11.0. The molecule has 4 nitrogen and oxygen atoms in total. The number of halogens is 1. The van der Waals surface area contributed by atoms with Crippen molar-refractivity contribution in [2.24, 2.45) is 5.92 Å². The first-order valence-electron chi connectivity index (χ1n) is 7.74. The zero-order chi connectivity index (χ0) is 16.7. The normalized spacial score (nSPS) is 10.9. The van der Waals surface area contributed by atoms with Gasteiger partial charge in [0.1, 0.15) is 0 Å². The van der Waals surface area contributed by atoms with Crippen molar-refractivity contribution in [3.8, 4) is 11.5 Å². The summed E-state index contributed by atoms with van der Waals surface area (Å²) in [4.78, 5) is 12.3. The van der Waals surface area contributed by atoms with Crippen LogP contribution in [0.4, 0.5) is 0 Å². The highest BCUT2D eigenvalue weighted by molar-refractivity contribution is 6.32. The molecule has 0 fully saturated rings. The number of carbonyl (C=O) groups excluding carboxylic acids is 1. The SMILES string of the molecule is CCC(CC)NC(=O)c1cc(Cl)c(OCC(C)C)c(OC)c1. The molecule has 5 heteroatoms. The van der Waals surface area contributed by atoms with Gasteiger partial charge in [-0.05, 0) is 30.9 Å². The molecule has 22 heavy (non-hydrogen) atoms. The highest BCUT2D eigenvalue weighted by atomic mass is 35.5. The summed E-state index contributed by atoms with van der Waals surface area (Å²) in [5.74, 6) is 1.18.